The summed E-state index contributed by atoms with van der Waals surface area (Å²) in [4.78, 5) is 12.2. The van der Waals surface area contributed by atoms with Gasteiger partial charge in [0.25, 0.3) is 5.91 Å². The van der Waals surface area contributed by atoms with Crippen LogP contribution >= 0.6 is 15.9 Å². The number of aryl methyl sites for hydroxylation is 1. The van der Waals surface area contributed by atoms with Crippen molar-refractivity contribution in [2.75, 3.05) is 5.32 Å². The fourth-order valence-corrected chi connectivity index (χ4v) is 2.23. The van der Waals surface area contributed by atoms with Crippen LogP contribution < -0.4 is 5.32 Å². The molecule has 0 spiro atoms. The molecule has 1 amide bonds. The maximum Gasteiger partial charge on any atom is 0.266 e. The van der Waals surface area contributed by atoms with E-state index in [-0.39, 0.29) is 11.3 Å². The summed E-state index contributed by atoms with van der Waals surface area (Å²) in [6.45, 7) is 1.88. The molecule has 0 saturated heterocycles. The fourth-order valence-electron chi connectivity index (χ4n) is 1.83. The van der Waals surface area contributed by atoms with Gasteiger partial charge in [0.2, 0.25) is 0 Å². The lowest BCUT2D eigenvalue weighted by Crippen LogP contribution is -2.14. The molecule has 0 fully saturated rings. The van der Waals surface area contributed by atoms with E-state index >= 15 is 0 Å². The first kappa shape index (κ1) is 15.8. The Morgan fingerprint density at radius 3 is 2.68 bits per heavy atom. The number of carbonyl (C=O) groups is 1. The first-order valence-corrected chi connectivity index (χ1v) is 7.28. The van der Waals surface area contributed by atoms with Gasteiger partial charge in [0.05, 0.1) is 4.47 Å². The highest BCUT2D eigenvalue weighted by atomic mass is 79.9. The smallest absolute Gasteiger partial charge is 0.266 e. The molecule has 2 N–H and O–H groups in total. The van der Waals surface area contributed by atoms with Gasteiger partial charge >= 0.3 is 0 Å². The Balaban J connectivity index is 2.26. The van der Waals surface area contributed by atoms with E-state index in [1.807, 2.05) is 31.2 Å². The van der Waals surface area contributed by atoms with E-state index in [0.717, 1.165) is 5.56 Å². The van der Waals surface area contributed by atoms with Gasteiger partial charge in [-0.25, -0.2) is 0 Å². The molecule has 0 aromatic heterocycles. The van der Waals surface area contributed by atoms with Crippen LogP contribution in [-0.2, 0) is 4.79 Å². The van der Waals surface area contributed by atoms with E-state index in [9.17, 15) is 15.2 Å². The summed E-state index contributed by atoms with van der Waals surface area (Å²) >= 11 is 3.20. The number of benzene rings is 2. The number of nitrogens with zero attached hydrogens (tertiary/aromatic N) is 1. The summed E-state index contributed by atoms with van der Waals surface area (Å²) in [5.41, 5.74) is 2.21. The van der Waals surface area contributed by atoms with Crippen LogP contribution in [0.5, 0.6) is 5.75 Å². The zero-order valence-electron chi connectivity index (χ0n) is 11.8. The Kier molecular flexibility index (Phi) is 4.97. The number of rotatable bonds is 3. The lowest BCUT2D eigenvalue weighted by Gasteiger charge is -2.07. The molecule has 22 heavy (non-hydrogen) atoms. The van der Waals surface area contributed by atoms with Crippen molar-refractivity contribution in [1.82, 2.24) is 0 Å². The zero-order chi connectivity index (χ0) is 16.1. The van der Waals surface area contributed by atoms with Crippen molar-refractivity contribution in [2.45, 2.75) is 6.92 Å². The minimum absolute atomic E-state index is 0.0131. The van der Waals surface area contributed by atoms with Gasteiger partial charge in [-0.3, -0.25) is 4.79 Å². The van der Waals surface area contributed by atoms with Gasteiger partial charge < -0.3 is 10.4 Å². The Morgan fingerprint density at radius 1 is 1.32 bits per heavy atom. The molecule has 0 aliphatic rings. The third-order valence-corrected chi connectivity index (χ3v) is 3.68. The summed E-state index contributed by atoms with van der Waals surface area (Å²) in [5, 5.41) is 21.4. The van der Waals surface area contributed by atoms with Crippen molar-refractivity contribution in [3.63, 3.8) is 0 Å². The van der Waals surface area contributed by atoms with Crippen LogP contribution in [0, 0.1) is 18.3 Å². The number of carbonyl (C=O) groups excluding carboxylic acids is 1. The summed E-state index contributed by atoms with van der Waals surface area (Å²) in [5.74, 6) is -0.374. The second-order valence-corrected chi connectivity index (χ2v) is 5.50. The molecule has 0 unspecified atom stereocenters. The van der Waals surface area contributed by atoms with Gasteiger partial charge in [-0.2, -0.15) is 5.26 Å². The highest BCUT2D eigenvalue weighted by Gasteiger charge is 2.11. The molecular weight excluding hydrogens is 344 g/mol. The van der Waals surface area contributed by atoms with Crippen LogP contribution in [0.2, 0.25) is 0 Å². The second-order valence-electron chi connectivity index (χ2n) is 4.65. The lowest BCUT2D eigenvalue weighted by molar-refractivity contribution is -0.112. The van der Waals surface area contributed by atoms with Crippen LogP contribution in [0.15, 0.2) is 52.5 Å². The molecule has 5 heteroatoms. The number of amides is 1. The Labute approximate surface area is 136 Å². The van der Waals surface area contributed by atoms with E-state index in [2.05, 4.69) is 21.2 Å². The second kappa shape index (κ2) is 6.92. The highest BCUT2D eigenvalue weighted by molar-refractivity contribution is 9.10. The molecule has 0 aliphatic carbocycles. The fraction of sp³-hybridized carbons (Fsp3) is 0.0588. The number of para-hydroxylation sites is 1. The van der Waals surface area contributed by atoms with Crippen LogP contribution in [0.3, 0.4) is 0 Å². The molecule has 0 heterocycles. The van der Waals surface area contributed by atoms with Gasteiger partial charge in [0.1, 0.15) is 17.4 Å². The topological polar surface area (TPSA) is 73.1 Å². The SMILES string of the molecule is Cc1ccccc1NC(=O)/C(C#N)=C/c1ccc(O)c(Br)c1. The van der Waals surface area contributed by atoms with Gasteiger partial charge in [0, 0.05) is 5.69 Å². The molecule has 110 valence electrons. The Hall–Kier alpha value is -2.58. The van der Waals surface area contributed by atoms with Crippen molar-refractivity contribution in [2.24, 2.45) is 0 Å². The normalized spacial score (nSPS) is 10.9. The van der Waals surface area contributed by atoms with Crippen molar-refractivity contribution in [3.8, 4) is 11.8 Å². The van der Waals surface area contributed by atoms with Crippen molar-refractivity contribution < 1.29 is 9.90 Å². The molecule has 0 atom stereocenters. The number of nitrogens with one attached hydrogen (secondary N) is 1. The van der Waals surface area contributed by atoms with E-state index in [1.165, 1.54) is 12.1 Å². The maximum atomic E-state index is 12.2. The number of hydrogen-bond donors (Lipinski definition) is 2. The quantitative estimate of drug-likeness (QED) is 0.644. The maximum absolute atomic E-state index is 12.2. The highest BCUT2D eigenvalue weighted by Crippen LogP contribution is 2.25. The molecular formula is C17H13BrN2O2. The standard InChI is InChI=1S/C17H13BrN2O2/c1-11-4-2-3-5-15(11)20-17(22)13(10-19)8-12-6-7-16(21)14(18)9-12/h2-9,21H,1H3,(H,20,22)/b13-8+. The monoisotopic (exact) mass is 356 g/mol. The predicted octanol–water partition coefficient (Wildman–Crippen LogP) is 4.01. The molecule has 0 aliphatic heterocycles. The molecule has 0 bridgehead atoms. The first-order valence-electron chi connectivity index (χ1n) is 6.48. The van der Waals surface area contributed by atoms with Crippen LogP contribution in [-0.4, -0.2) is 11.0 Å². The molecule has 4 nitrogen and oxygen atoms in total. The summed E-state index contributed by atoms with van der Waals surface area (Å²) in [6.07, 6.45) is 1.47. The molecule has 2 rings (SSSR count). The summed E-state index contributed by atoms with van der Waals surface area (Å²) < 4.78 is 0.498. The van der Waals surface area contributed by atoms with Gasteiger partial charge in [-0.05, 0) is 58.3 Å². The average molecular weight is 357 g/mol. The molecule has 2 aromatic carbocycles. The summed E-state index contributed by atoms with van der Waals surface area (Å²) in [6, 6.07) is 14.0. The number of anilines is 1. The van der Waals surface area contributed by atoms with E-state index in [4.69, 9.17) is 0 Å². The third-order valence-electron chi connectivity index (χ3n) is 3.04. The first-order chi connectivity index (χ1) is 10.5. The number of phenols is 1. The average Bonchev–Trinajstić information content (AvgIpc) is 2.50. The number of nitriles is 1. The molecule has 0 saturated carbocycles. The largest absolute Gasteiger partial charge is 0.507 e. The lowest BCUT2D eigenvalue weighted by atomic mass is 10.1. The Bertz CT molecular complexity index is 791. The molecule has 2 aromatic rings. The minimum atomic E-state index is -0.471. The molecule has 0 radical (unpaired) electrons. The van der Waals surface area contributed by atoms with Gasteiger partial charge in [-0.15, -0.1) is 0 Å². The third kappa shape index (κ3) is 3.74. The van der Waals surface area contributed by atoms with Gasteiger partial charge in [-0.1, -0.05) is 24.3 Å². The van der Waals surface area contributed by atoms with E-state index in [1.54, 1.807) is 18.2 Å². The summed E-state index contributed by atoms with van der Waals surface area (Å²) in [7, 11) is 0. The van der Waals surface area contributed by atoms with Crippen molar-refractivity contribution >= 4 is 33.6 Å². The minimum Gasteiger partial charge on any atom is -0.507 e. The van der Waals surface area contributed by atoms with Crippen LogP contribution in [0.25, 0.3) is 6.08 Å². The van der Waals surface area contributed by atoms with Gasteiger partial charge in [0.15, 0.2) is 0 Å². The number of phenolic OH excluding ortho intramolecular Hbond substituents is 1. The number of halogens is 1. The Morgan fingerprint density at radius 2 is 2.05 bits per heavy atom. The van der Waals surface area contributed by atoms with Crippen molar-refractivity contribution in [3.05, 3.63) is 63.6 Å². The van der Waals surface area contributed by atoms with Crippen molar-refractivity contribution in [1.29, 1.82) is 5.26 Å². The van der Waals surface area contributed by atoms with Crippen LogP contribution in [0.4, 0.5) is 5.69 Å². The zero-order valence-corrected chi connectivity index (χ0v) is 13.4. The van der Waals surface area contributed by atoms with E-state index < -0.39 is 5.91 Å². The predicted molar refractivity (Wildman–Crippen MR) is 89.2 cm³/mol. The van der Waals surface area contributed by atoms with E-state index in [0.29, 0.717) is 15.7 Å². The number of aromatic hydroxyl groups is 1. The number of hydrogen-bond acceptors (Lipinski definition) is 3. The van der Waals surface area contributed by atoms with Crippen LogP contribution in [0.1, 0.15) is 11.1 Å².